The Morgan fingerprint density at radius 2 is 2.26 bits per heavy atom. The van der Waals surface area contributed by atoms with Crippen molar-refractivity contribution in [2.24, 2.45) is 0 Å². The summed E-state index contributed by atoms with van der Waals surface area (Å²) in [4.78, 5) is 11.8. The maximum Gasteiger partial charge on any atom is 0.263 e. The Bertz CT molecular complexity index is 567. The van der Waals surface area contributed by atoms with Crippen molar-refractivity contribution in [1.29, 1.82) is 5.26 Å². The highest BCUT2D eigenvalue weighted by Gasteiger charge is 2.07. The monoisotopic (exact) mass is 335 g/mol. The highest BCUT2D eigenvalue weighted by atomic mass is 35.5. The lowest BCUT2D eigenvalue weighted by Crippen LogP contribution is -2.27. The van der Waals surface area contributed by atoms with Crippen LogP contribution >= 0.6 is 11.6 Å². The van der Waals surface area contributed by atoms with Gasteiger partial charge < -0.3 is 15.4 Å². The molecule has 0 heterocycles. The van der Waals surface area contributed by atoms with E-state index in [4.69, 9.17) is 21.6 Å². The standard InChI is InChI=1S/C17H22ClN3O2/c1-2-23-10-4-8-21-17(22)15(12-19)13-20-9-7-14-5-3-6-16(18)11-14/h3,5-6,11,13,20H,2,4,7-10H2,1H3,(H,21,22)/b15-13-. The molecule has 0 unspecified atom stereocenters. The van der Waals surface area contributed by atoms with E-state index in [2.05, 4.69) is 10.6 Å². The summed E-state index contributed by atoms with van der Waals surface area (Å²) in [5, 5.41) is 15.4. The summed E-state index contributed by atoms with van der Waals surface area (Å²) in [6, 6.07) is 9.48. The lowest BCUT2D eigenvalue weighted by molar-refractivity contribution is -0.117. The van der Waals surface area contributed by atoms with Crippen molar-refractivity contribution < 1.29 is 9.53 Å². The van der Waals surface area contributed by atoms with Gasteiger partial charge in [-0.2, -0.15) is 5.26 Å². The van der Waals surface area contributed by atoms with Gasteiger partial charge in [-0.1, -0.05) is 23.7 Å². The number of carbonyl (C=O) groups is 1. The van der Waals surface area contributed by atoms with Crippen LogP contribution in [0, 0.1) is 11.3 Å². The maximum atomic E-state index is 11.8. The zero-order valence-corrected chi connectivity index (χ0v) is 14.0. The average Bonchev–Trinajstić information content (AvgIpc) is 2.54. The molecule has 23 heavy (non-hydrogen) atoms. The van der Waals surface area contributed by atoms with Crippen molar-refractivity contribution >= 4 is 17.5 Å². The first-order valence-corrected chi connectivity index (χ1v) is 7.99. The third kappa shape index (κ3) is 8.24. The first-order chi connectivity index (χ1) is 11.2. The molecular weight excluding hydrogens is 314 g/mol. The molecule has 5 nitrogen and oxygen atoms in total. The quantitative estimate of drug-likeness (QED) is 0.391. The number of benzene rings is 1. The molecular formula is C17H22ClN3O2. The average molecular weight is 336 g/mol. The van der Waals surface area contributed by atoms with E-state index in [9.17, 15) is 4.79 Å². The van der Waals surface area contributed by atoms with Gasteiger partial charge in [0.1, 0.15) is 11.6 Å². The molecule has 0 fully saturated rings. The van der Waals surface area contributed by atoms with E-state index in [0.29, 0.717) is 31.3 Å². The summed E-state index contributed by atoms with van der Waals surface area (Å²) in [5.74, 6) is -0.376. The van der Waals surface area contributed by atoms with E-state index >= 15 is 0 Å². The fourth-order valence-corrected chi connectivity index (χ4v) is 2.06. The maximum absolute atomic E-state index is 11.8. The number of rotatable bonds is 10. The number of hydrogen-bond donors (Lipinski definition) is 2. The molecule has 1 rings (SSSR count). The highest BCUT2D eigenvalue weighted by molar-refractivity contribution is 6.30. The molecule has 0 aliphatic carbocycles. The number of amides is 1. The van der Waals surface area contributed by atoms with Gasteiger partial charge >= 0.3 is 0 Å². The van der Waals surface area contributed by atoms with Crippen molar-refractivity contribution in [2.45, 2.75) is 19.8 Å². The SMILES string of the molecule is CCOCCCNC(=O)/C(C#N)=C\NCCc1cccc(Cl)c1. The van der Waals surface area contributed by atoms with Gasteiger partial charge in [-0.05, 0) is 37.5 Å². The van der Waals surface area contributed by atoms with E-state index in [0.717, 1.165) is 18.4 Å². The van der Waals surface area contributed by atoms with Crippen molar-refractivity contribution in [3.63, 3.8) is 0 Å². The van der Waals surface area contributed by atoms with Crippen LogP contribution in [0.25, 0.3) is 0 Å². The molecule has 0 saturated carbocycles. The molecule has 2 N–H and O–H groups in total. The van der Waals surface area contributed by atoms with Crippen molar-refractivity contribution in [3.8, 4) is 6.07 Å². The van der Waals surface area contributed by atoms with E-state index in [1.54, 1.807) is 0 Å². The summed E-state index contributed by atoms with van der Waals surface area (Å²) in [6.45, 7) is 4.28. The van der Waals surface area contributed by atoms with E-state index in [1.807, 2.05) is 37.3 Å². The van der Waals surface area contributed by atoms with Crippen LogP contribution < -0.4 is 10.6 Å². The molecule has 0 bridgehead atoms. The van der Waals surface area contributed by atoms with E-state index < -0.39 is 0 Å². The van der Waals surface area contributed by atoms with E-state index in [1.165, 1.54) is 6.20 Å². The number of nitriles is 1. The number of halogens is 1. The minimum atomic E-state index is -0.376. The van der Waals surface area contributed by atoms with Crippen LogP contribution in [0.5, 0.6) is 0 Å². The second-order valence-corrected chi connectivity index (χ2v) is 5.25. The second kappa shape index (κ2) is 11.5. The molecule has 1 aromatic rings. The first-order valence-electron chi connectivity index (χ1n) is 7.61. The predicted octanol–water partition coefficient (Wildman–Crippen LogP) is 2.42. The van der Waals surface area contributed by atoms with Crippen LogP contribution in [0.3, 0.4) is 0 Å². The fraction of sp³-hybridized carbons (Fsp3) is 0.412. The topological polar surface area (TPSA) is 74.1 Å². The molecule has 0 aromatic heterocycles. The lowest BCUT2D eigenvalue weighted by Gasteiger charge is -2.06. The van der Waals surface area contributed by atoms with Gasteiger partial charge in [0, 0.05) is 37.5 Å². The zero-order valence-electron chi connectivity index (χ0n) is 13.3. The molecule has 0 aliphatic rings. The normalized spacial score (nSPS) is 10.9. The number of carbonyl (C=O) groups excluding carboxylic acids is 1. The second-order valence-electron chi connectivity index (χ2n) is 4.81. The van der Waals surface area contributed by atoms with Gasteiger partial charge in [-0.25, -0.2) is 0 Å². The van der Waals surface area contributed by atoms with Crippen LogP contribution in [0.1, 0.15) is 18.9 Å². The number of hydrogen-bond acceptors (Lipinski definition) is 4. The van der Waals surface area contributed by atoms with E-state index in [-0.39, 0.29) is 11.5 Å². The molecule has 6 heteroatoms. The van der Waals surface area contributed by atoms with Crippen molar-refractivity contribution in [2.75, 3.05) is 26.3 Å². The molecule has 124 valence electrons. The summed E-state index contributed by atoms with van der Waals surface area (Å²) in [6.07, 6.45) is 2.93. The van der Waals surface area contributed by atoms with Crippen LogP contribution in [-0.2, 0) is 16.0 Å². The smallest absolute Gasteiger partial charge is 0.263 e. The molecule has 0 saturated heterocycles. The summed E-state index contributed by atoms with van der Waals surface area (Å²) < 4.78 is 5.18. The number of ether oxygens (including phenoxy) is 1. The third-order valence-corrected chi connectivity index (χ3v) is 3.25. The Hall–Kier alpha value is -2.03. The largest absolute Gasteiger partial charge is 0.389 e. The molecule has 1 aromatic carbocycles. The lowest BCUT2D eigenvalue weighted by atomic mass is 10.1. The van der Waals surface area contributed by atoms with Crippen LogP contribution in [0.2, 0.25) is 5.02 Å². The van der Waals surface area contributed by atoms with Gasteiger partial charge in [0.15, 0.2) is 0 Å². The molecule has 0 atom stereocenters. The summed E-state index contributed by atoms with van der Waals surface area (Å²) in [7, 11) is 0. The van der Waals surface area contributed by atoms with Crippen LogP contribution in [0.15, 0.2) is 36.0 Å². The van der Waals surface area contributed by atoms with Crippen molar-refractivity contribution in [3.05, 3.63) is 46.6 Å². The van der Waals surface area contributed by atoms with Gasteiger partial charge in [-0.15, -0.1) is 0 Å². The minimum absolute atomic E-state index is 0.0625. The zero-order chi connectivity index (χ0) is 16.9. The van der Waals surface area contributed by atoms with Crippen molar-refractivity contribution in [1.82, 2.24) is 10.6 Å². The molecule has 0 radical (unpaired) electrons. The molecule has 0 spiro atoms. The van der Waals surface area contributed by atoms with Gasteiger partial charge in [0.2, 0.25) is 0 Å². The Kier molecular flexibility index (Phi) is 9.53. The minimum Gasteiger partial charge on any atom is -0.389 e. The molecule has 1 amide bonds. The summed E-state index contributed by atoms with van der Waals surface area (Å²) >= 11 is 5.92. The highest BCUT2D eigenvalue weighted by Crippen LogP contribution is 2.10. The predicted molar refractivity (Wildman–Crippen MR) is 91.0 cm³/mol. The Morgan fingerprint density at radius 1 is 1.43 bits per heavy atom. The third-order valence-electron chi connectivity index (χ3n) is 3.01. The fourth-order valence-electron chi connectivity index (χ4n) is 1.85. The molecule has 0 aliphatic heterocycles. The number of nitrogens with zero attached hydrogens (tertiary/aromatic N) is 1. The van der Waals surface area contributed by atoms with Gasteiger partial charge in [0.05, 0.1) is 0 Å². The van der Waals surface area contributed by atoms with Crippen LogP contribution in [0.4, 0.5) is 0 Å². The Morgan fingerprint density at radius 3 is 2.96 bits per heavy atom. The summed E-state index contributed by atoms with van der Waals surface area (Å²) in [5.41, 5.74) is 1.16. The Labute approximate surface area is 142 Å². The number of nitrogens with one attached hydrogen (secondary N) is 2. The first kappa shape index (κ1) is 19.0. The van der Waals surface area contributed by atoms with Gasteiger partial charge in [0.25, 0.3) is 5.91 Å². The Balaban J connectivity index is 2.31. The van der Waals surface area contributed by atoms with Crippen LogP contribution in [-0.4, -0.2) is 32.2 Å². The van der Waals surface area contributed by atoms with Gasteiger partial charge in [-0.3, -0.25) is 4.79 Å².